The number of nitrogens with zero attached hydrogens (tertiary/aromatic N) is 1. The maximum atomic E-state index is 13.4. The zero-order chi connectivity index (χ0) is 30.8. The molecule has 4 rings (SSSR count). The summed E-state index contributed by atoms with van der Waals surface area (Å²) in [5, 5.41) is 19.9. The minimum atomic E-state index is -0.672. The topological polar surface area (TPSA) is 130 Å². The third-order valence-electron chi connectivity index (χ3n) is 6.43. The lowest BCUT2D eigenvalue weighted by Gasteiger charge is -2.13. The molecule has 0 aliphatic rings. The highest BCUT2D eigenvalue weighted by Gasteiger charge is 2.18. The lowest BCUT2D eigenvalue weighted by atomic mass is 10.1. The van der Waals surface area contributed by atoms with Crippen LogP contribution in [0.4, 0.5) is 17.1 Å². The third-order valence-corrected chi connectivity index (χ3v) is 7.42. The molecular formula is C33H30N4O5S. The Morgan fingerprint density at radius 1 is 0.884 bits per heavy atom. The highest BCUT2D eigenvalue weighted by Crippen LogP contribution is 2.25. The molecule has 0 aromatic heterocycles. The smallest absolute Gasteiger partial charge is 0.276 e. The van der Waals surface area contributed by atoms with E-state index < -0.39 is 16.7 Å². The lowest BCUT2D eigenvalue weighted by molar-refractivity contribution is -0.385. The molecule has 4 aromatic rings. The van der Waals surface area contributed by atoms with Gasteiger partial charge in [-0.2, -0.15) is 0 Å². The minimum Gasteiger partial charge on any atom is -0.325 e. The molecular weight excluding hydrogens is 564 g/mol. The summed E-state index contributed by atoms with van der Waals surface area (Å²) in [6, 6.07) is 27.1. The van der Waals surface area contributed by atoms with E-state index in [0.717, 1.165) is 28.1 Å². The number of nitro benzene ring substituents is 1. The van der Waals surface area contributed by atoms with Gasteiger partial charge in [0.2, 0.25) is 5.91 Å². The van der Waals surface area contributed by atoms with E-state index in [9.17, 15) is 24.5 Å². The van der Waals surface area contributed by atoms with E-state index in [1.54, 1.807) is 54.6 Å². The molecule has 0 heterocycles. The Hall–Kier alpha value is -5.22. The molecule has 10 heteroatoms. The van der Waals surface area contributed by atoms with Crippen LogP contribution in [-0.4, -0.2) is 28.4 Å². The van der Waals surface area contributed by atoms with E-state index in [2.05, 4.69) is 16.0 Å². The summed E-state index contributed by atoms with van der Waals surface area (Å²) in [5.74, 6) is -1.21. The van der Waals surface area contributed by atoms with Crippen molar-refractivity contribution in [2.24, 2.45) is 0 Å². The van der Waals surface area contributed by atoms with Crippen molar-refractivity contribution in [3.8, 4) is 0 Å². The molecule has 0 spiro atoms. The van der Waals surface area contributed by atoms with Gasteiger partial charge in [0.05, 0.1) is 16.2 Å². The number of aryl methyl sites for hydroxylation is 2. The van der Waals surface area contributed by atoms with Gasteiger partial charge in [-0.1, -0.05) is 61.5 Å². The van der Waals surface area contributed by atoms with Crippen LogP contribution in [0.1, 0.15) is 34.0 Å². The van der Waals surface area contributed by atoms with Gasteiger partial charge >= 0.3 is 0 Å². The Morgan fingerprint density at radius 2 is 1.60 bits per heavy atom. The van der Waals surface area contributed by atoms with Gasteiger partial charge in [-0.05, 0) is 66.9 Å². The van der Waals surface area contributed by atoms with Crippen LogP contribution in [0.2, 0.25) is 0 Å². The minimum absolute atomic E-state index is 0.151. The summed E-state index contributed by atoms with van der Waals surface area (Å²) < 4.78 is 0. The first-order valence-corrected chi connectivity index (χ1v) is 14.5. The van der Waals surface area contributed by atoms with E-state index in [1.807, 2.05) is 38.1 Å². The second kappa shape index (κ2) is 14.6. The van der Waals surface area contributed by atoms with Crippen molar-refractivity contribution in [2.75, 3.05) is 16.4 Å². The van der Waals surface area contributed by atoms with Crippen molar-refractivity contribution in [3.63, 3.8) is 0 Å². The Balaban J connectivity index is 1.50. The van der Waals surface area contributed by atoms with Crippen molar-refractivity contribution in [1.29, 1.82) is 0 Å². The highest BCUT2D eigenvalue weighted by atomic mass is 32.2. The number of carbonyl (C=O) groups excluding carboxylic acids is 3. The van der Waals surface area contributed by atoms with Crippen molar-refractivity contribution in [3.05, 3.63) is 135 Å². The standard InChI is InChI=1S/C33H30N4O5S/c1-3-23-15-9-11-22(2)31(23)36-30(38)21-43-27-17-10-16-26(20-27)34-33(40)28(35-32(39)24-12-5-4-6-13-24)19-25-14-7-8-18-29(25)37(41)42/h4-20H,3,21H2,1-2H3,(H,34,40)(H,35,39)(H,36,38)/b28-19+. The number of amides is 3. The molecule has 0 aliphatic heterocycles. The maximum absolute atomic E-state index is 13.4. The molecule has 0 saturated heterocycles. The van der Waals surface area contributed by atoms with E-state index >= 15 is 0 Å². The molecule has 3 amide bonds. The van der Waals surface area contributed by atoms with Crippen LogP contribution in [-0.2, 0) is 16.0 Å². The van der Waals surface area contributed by atoms with E-state index in [4.69, 9.17) is 0 Å². The van der Waals surface area contributed by atoms with E-state index in [-0.39, 0.29) is 28.6 Å². The molecule has 43 heavy (non-hydrogen) atoms. The van der Waals surface area contributed by atoms with Gasteiger partial charge < -0.3 is 16.0 Å². The summed E-state index contributed by atoms with van der Waals surface area (Å²) >= 11 is 1.31. The Kier molecular flexibility index (Phi) is 10.4. The molecule has 0 fully saturated rings. The number of nitro groups is 1. The second-order valence-electron chi connectivity index (χ2n) is 9.48. The zero-order valence-corrected chi connectivity index (χ0v) is 24.4. The Morgan fingerprint density at radius 3 is 2.35 bits per heavy atom. The zero-order valence-electron chi connectivity index (χ0n) is 23.6. The highest BCUT2D eigenvalue weighted by molar-refractivity contribution is 8.00. The van der Waals surface area contributed by atoms with Crippen molar-refractivity contribution in [1.82, 2.24) is 5.32 Å². The van der Waals surface area contributed by atoms with Gasteiger partial charge in [0.15, 0.2) is 0 Å². The summed E-state index contributed by atoms with van der Waals surface area (Å²) in [7, 11) is 0. The number of hydrogen-bond donors (Lipinski definition) is 3. The van der Waals surface area contributed by atoms with Gasteiger partial charge in [0.1, 0.15) is 5.70 Å². The predicted molar refractivity (Wildman–Crippen MR) is 170 cm³/mol. The SMILES string of the molecule is CCc1cccc(C)c1NC(=O)CSc1cccc(NC(=O)/C(=C\c2ccccc2[N+](=O)[O-])NC(=O)c2ccccc2)c1. The van der Waals surface area contributed by atoms with Crippen LogP contribution in [0, 0.1) is 17.0 Å². The van der Waals surface area contributed by atoms with Gasteiger partial charge in [-0.3, -0.25) is 24.5 Å². The van der Waals surface area contributed by atoms with Gasteiger partial charge in [-0.25, -0.2) is 0 Å². The van der Waals surface area contributed by atoms with Gasteiger partial charge in [0.25, 0.3) is 17.5 Å². The fourth-order valence-electron chi connectivity index (χ4n) is 4.26. The number of benzene rings is 4. The number of nitrogens with one attached hydrogen (secondary N) is 3. The van der Waals surface area contributed by atoms with Crippen LogP contribution < -0.4 is 16.0 Å². The number of hydrogen-bond acceptors (Lipinski definition) is 6. The number of thioether (sulfide) groups is 1. The molecule has 0 atom stereocenters. The predicted octanol–water partition coefficient (Wildman–Crippen LogP) is 6.61. The van der Waals surface area contributed by atoms with E-state index in [1.165, 1.54) is 36.0 Å². The fraction of sp³-hybridized carbons (Fsp3) is 0.121. The summed E-state index contributed by atoms with van der Waals surface area (Å²) in [5.41, 5.74) is 3.38. The van der Waals surface area contributed by atoms with Crippen LogP contribution >= 0.6 is 11.8 Å². The average Bonchev–Trinajstić information content (AvgIpc) is 3.01. The lowest BCUT2D eigenvalue weighted by Crippen LogP contribution is -2.30. The van der Waals surface area contributed by atoms with Crippen LogP contribution in [0.3, 0.4) is 0 Å². The number of anilines is 2. The normalized spacial score (nSPS) is 11.0. The number of rotatable bonds is 11. The summed E-state index contributed by atoms with van der Waals surface area (Å²) in [6.45, 7) is 3.99. The van der Waals surface area contributed by atoms with Crippen molar-refractivity contribution >= 4 is 52.6 Å². The quantitative estimate of drug-likeness (QED) is 0.0776. The molecule has 0 bridgehead atoms. The molecule has 0 unspecified atom stereocenters. The molecule has 0 aliphatic carbocycles. The molecule has 3 N–H and O–H groups in total. The van der Waals surface area contributed by atoms with Crippen molar-refractivity contribution < 1.29 is 19.3 Å². The van der Waals surface area contributed by atoms with Gasteiger partial charge in [0, 0.05) is 27.9 Å². The first kappa shape index (κ1) is 30.7. The Bertz CT molecular complexity index is 1690. The molecule has 218 valence electrons. The van der Waals surface area contributed by atoms with Crippen LogP contribution in [0.15, 0.2) is 108 Å². The number of carbonyl (C=O) groups is 3. The first-order valence-electron chi connectivity index (χ1n) is 13.5. The fourth-order valence-corrected chi connectivity index (χ4v) is 5.02. The van der Waals surface area contributed by atoms with Crippen LogP contribution in [0.25, 0.3) is 6.08 Å². The molecule has 0 radical (unpaired) electrons. The average molecular weight is 595 g/mol. The summed E-state index contributed by atoms with van der Waals surface area (Å²) in [6.07, 6.45) is 2.07. The second-order valence-corrected chi connectivity index (χ2v) is 10.5. The molecule has 4 aromatic carbocycles. The maximum Gasteiger partial charge on any atom is 0.276 e. The number of para-hydroxylation sites is 2. The van der Waals surface area contributed by atoms with Gasteiger partial charge in [-0.15, -0.1) is 11.8 Å². The first-order chi connectivity index (χ1) is 20.7. The Labute approximate surface area is 253 Å². The summed E-state index contributed by atoms with van der Waals surface area (Å²) in [4.78, 5) is 50.8. The third kappa shape index (κ3) is 8.40. The van der Waals surface area contributed by atoms with Crippen molar-refractivity contribution in [2.45, 2.75) is 25.2 Å². The van der Waals surface area contributed by atoms with Crippen LogP contribution in [0.5, 0.6) is 0 Å². The largest absolute Gasteiger partial charge is 0.325 e. The monoisotopic (exact) mass is 594 g/mol. The molecule has 9 nitrogen and oxygen atoms in total. The van der Waals surface area contributed by atoms with E-state index in [0.29, 0.717) is 11.3 Å². The molecule has 0 saturated carbocycles.